The van der Waals surface area contributed by atoms with Crippen LogP contribution in [0, 0.1) is 0 Å². The number of nitrogens with one attached hydrogen (secondary N) is 3. The maximum Gasteiger partial charge on any atom is 0.334 e. The summed E-state index contributed by atoms with van der Waals surface area (Å²) in [6, 6.07) is 21.2. The van der Waals surface area contributed by atoms with E-state index in [1.54, 1.807) is 6.07 Å². The first-order chi connectivity index (χ1) is 15.3. The first kappa shape index (κ1) is 21.4. The van der Waals surface area contributed by atoms with Crippen molar-refractivity contribution in [3.05, 3.63) is 101 Å². The molecule has 4 rings (SSSR count). The minimum atomic E-state index is -0.643. The van der Waals surface area contributed by atoms with Gasteiger partial charge in [0.25, 0.3) is 5.91 Å². The molecule has 0 aromatic heterocycles. The van der Waals surface area contributed by atoms with Gasteiger partial charge < -0.3 is 5.32 Å². The molecule has 0 saturated carbocycles. The van der Waals surface area contributed by atoms with Crippen molar-refractivity contribution < 1.29 is 9.59 Å². The van der Waals surface area contributed by atoms with Gasteiger partial charge in [0.1, 0.15) is 0 Å². The lowest BCUT2D eigenvalue weighted by Crippen LogP contribution is -2.52. The van der Waals surface area contributed by atoms with Crippen LogP contribution in [0.5, 0.6) is 0 Å². The van der Waals surface area contributed by atoms with Gasteiger partial charge in [-0.15, -0.1) is 0 Å². The molecule has 0 unspecified atom stereocenters. The first-order valence-corrected chi connectivity index (χ1v) is 10.6. The van der Waals surface area contributed by atoms with Crippen LogP contribution in [-0.4, -0.2) is 11.9 Å². The van der Waals surface area contributed by atoms with E-state index in [2.05, 4.69) is 34.9 Å². The summed E-state index contributed by atoms with van der Waals surface area (Å²) >= 11 is 0. The van der Waals surface area contributed by atoms with Crippen LogP contribution in [-0.2, 0) is 12.0 Å². The van der Waals surface area contributed by atoms with Crippen molar-refractivity contribution in [3.63, 3.8) is 0 Å². The van der Waals surface area contributed by atoms with Crippen molar-refractivity contribution in [2.24, 2.45) is 0 Å². The Labute approximate surface area is 188 Å². The van der Waals surface area contributed by atoms with Crippen molar-refractivity contribution in [3.8, 4) is 11.1 Å². The number of carbonyl (C=O) groups excluding carboxylic acids is 2. The number of carbonyl (C=O) groups is 2. The molecule has 3 amide bonds. The van der Waals surface area contributed by atoms with Crippen LogP contribution in [0.4, 0.5) is 4.79 Å². The molecule has 32 heavy (non-hydrogen) atoms. The fourth-order valence-corrected chi connectivity index (χ4v) is 4.11. The van der Waals surface area contributed by atoms with Crippen molar-refractivity contribution in [1.82, 2.24) is 16.2 Å². The average Bonchev–Trinajstić information content (AvgIpc) is 3.16. The lowest BCUT2D eigenvalue weighted by atomic mass is 9.92. The third-order valence-corrected chi connectivity index (χ3v) is 5.89. The van der Waals surface area contributed by atoms with Crippen molar-refractivity contribution in [2.75, 3.05) is 0 Å². The number of hydrazine groups is 1. The predicted molar refractivity (Wildman–Crippen MR) is 128 cm³/mol. The summed E-state index contributed by atoms with van der Waals surface area (Å²) in [5.41, 5.74) is 12.3. The highest BCUT2D eigenvalue weighted by atomic mass is 16.2. The number of fused-ring (bicyclic) bond motifs is 3. The highest BCUT2D eigenvalue weighted by Gasteiger charge is 2.25. The molecule has 0 heterocycles. The Morgan fingerprint density at radius 3 is 2.41 bits per heavy atom. The summed E-state index contributed by atoms with van der Waals surface area (Å²) in [4.78, 5) is 25.4. The molecule has 0 bridgehead atoms. The molecule has 1 aliphatic rings. The molecule has 0 spiro atoms. The van der Waals surface area contributed by atoms with E-state index in [4.69, 9.17) is 0 Å². The largest absolute Gasteiger partial charge is 0.334 e. The van der Waals surface area contributed by atoms with Gasteiger partial charge in [-0.3, -0.25) is 10.2 Å². The molecule has 5 nitrogen and oxygen atoms in total. The maximum absolute atomic E-state index is 12.9. The zero-order valence-corrected chi connectivity index (χ0v) is 18.6. The van der Waals surface area contributed by atoms with Crippen LogP contribution in [0.15, 0.2) is 73.3 Å². The van der Waals surface area contributed by atoms with Gasteiger partial charge in [0, 0.05) is 5.56 Å². The standard InChI is InChI=1S/C27H27N3O2/c1-17(2)18-10-7-11-20(15-18)27(3,4)28-26(32)30-29-25(31)23-14-8-13-22-21-12-6-5-9-19(21)16-24(22)23/h5-15H,1,16H2,2-4H3,(H,29,31)(H2,28,30,32). The second-order valence-electron chi connectivity index (χ2n) is 8.68. The minimum Gasteiger partial charge on any atom is -0.328 e. The zero-order valence-electron chi connectivity index (χ0n) is 18.6. The summed E-state index contributed by atoms with van der Waals surface area (Å²) in [5, 5.41) is 2.92. The molecular formula is C27H27N3O2. The summed E-state index contributed by atoms with van der Waals surface area (Å²) in [6.45, 7) is 9.74. The summed E-state index contributed by atoms with van der Waals surface area (Å²) in [5.74, 6) is -0.341. The monoisotopic (exact) mass is 425 g/mol. The number of hydrogen-bond donors (Lipinski definition) is 3. The number of amides is 3. The average molecular weight is 426 g/mol. The molecule has 0 fully saturated rings. The second-order valence-corrected chi connectivity index (χ2v) is 8.68. The Balaban J connectivity index is 1.43. The fraction of sp³-hybridized carbons (Fsp3) is 0.185. The van der Waals surface area contributed by atoms with Gasteiger partial charge in [0.05, 0.1) is 5.54 Å². The lowest BCUT2D eigenvalue weighted by molar-refractivity contribution is 0.0934. The topological polar surface area (TPSA) is 70.2 Å². The molecular weight excluding hydrogens is 398 g/mol. The molecule has 0 atom stereocenters. The molecule has 162 valence electrons. The van der Waals surface area contributed by atoms with Gasteiger partial charge in [0.2, 0.25) is 0 Å². The van der Waals surface area contributed by atoms with Gasteiger partial charge in [-0.05, 0) is 72.7 Å². The van der Waals surface area contributed by atoms with E-state index in [0.29, 0.717) is 12.0 Å². The normalized spacial score (nSPS) is 11.8. The Hall–Kier alpha value is -3.86. The molecule has 3 N–H and O–H groups in total. The summed E-state index contributed by atoms with van der Waals surface area (Å²) < 4.78 is 0. The van der Waals surface area contributed by atoms with Crippen LogP contribution in [0.3, 0.4) is 0 Å². The van der Waals surface area contributed by atoms with Crippen molar-refractivity contribution in [2.45, 2.75) is 32.7 Å². The van der Waals surface area contributed by atoms with E-state index in [1.807, 2.05) is 69.3 Å². The molecule has 3 aromatic rings. The van der Waals surface area contributed by atoms with E-state index < -0.39 is 11.6 Å². The van der Waals surface area contributed by atoms with Crippen LogP contribution in [0.1, 0.15) is 53.4 Å². The van der Waals surface area contributed by atoms with Gasteiger partial charge in [-0.25, -0.2) is 10.2 Å². The van der Waals surface area contributed by atoms with Gasteiger partial charge in [-0.1, -0.05) is 66.7 Å². The number of benzene rings is 3. The number of urea groups is 1. The molecule has 0 radical (unpaired) electrons. The number of rotatable bonds is 4. The number of hydrogen-bond acceptors (Lipinski definition) is 2. The second kappa shape index (κ2) is 8.35. The third-order valence-electron chi connectivity index (χ3n) is 5.89. The third kappa shape index (κ3) is 4.14. The van der Waals surface area contributed by atoms with Crippen molar-refractivity contribution in [1.29, 1.82) is 0 Å². The maximum atomic E-state index is 12.9. The van der Waals surface area contributed by atoms with E-state index in [-0.39, 0.29) is 5.91 Å². The van der Waals surface area contributed by atoms with E-state index in [0.717, 1.165) is 33.4 Å². The van der Waals surface area contributed by atoms with Gasteiger partial charge in [-0.2, -0.15) is 0 Å². The van der Waals surface area contributed by atoms with E-state index in [9.17, 15) is 9.59 Å². The van der Waals surface area contributed by atoms with Crippen LogP contribution in [0.2, 0.25) is 0 Å². The Bertz CT molecular complexity index is 1230. The highest BCUT2D eigenvalue weighted by molar-refractivity contribution is 5.99. The van der Waals surface area contributed by atoms with Crippen LogP contribution < -0.4 is 16.2 Å². The minimum absolute atomic E-state index is 0.341. The Morgan fingerprint density at radius 1 is 0.906 bits per heavy atom. The molecule has 0 aliphatic heterocycles. The van der Waals surface area contributed by atoms with Crippen LogP contribution in [0.25, 0.3) is 16.7 Å². The summed E-state index contributed by atoms with van der Waals surface area (Å²) in [7, 11) is 0. The molecule has 5 heteroatoms. The highest BCUT2D eigenvalue weighted by Crippen LogP contribution is 2.37. The molecule has 1 aliphatic carbocycles. The van der Waals surface area contributed by atoms with E-state index >= 15 is 0 Å². The summed E-state index contributed by atoms with van der Waals surface area (Å²) in [6.07, 6.45) is 0.702. The Morgan fingerprint density at radius 2 is 1.62 bits per heavy atom. The smallest absolute Gasteiger partial charge is 0.328 e. The first-order valence-electron chi connectivity index (χ1n) is 10.6. The van der Waals surface area contributed by atoms with E-state index in [1.165, 1.54) is 5.56 Å². The Kier molecular flexibility index (Phi) is 5.57. The quantitative estimate of drug-likeness (QED) is 0.395. The molecule has 3 aromatic carbocycles. The molecule has 0 saturated heterocycles. The van der Waals surface area contributed by atoms with Crippen LogP contribution >= 0.6 is 0 Å². The van der Waals surface area contributed by atoms with Gasteiger partial charge in [0.15, 0.2) is 0 Å². The number of allylic oxidation sites excluding steroid dienone is 1. The van der Waals surface area contributed by atoms with Crippen molar-refractivity contribution >= 4 is 17.5 Å². The zero-order chi connectivity index (χ0) is 22.9. The lowest BCUT2D eigenvalue weighted by Gasteiger charge is -2.27. The van der Waals surface area contributed by atoms with Gasteiger partial charge >= 0.3 is 6.03 Å². The SMILES string of the molecule is C=C(C)c1cccc(C(C)(C)NC(=O)NNC(=O)c2cccc3c2Cc2ccccc2-3)c1. The predicted octanol–water partition coefficient (Wildman–Crippen LogP) is 5.17. The fourth-order valence-electron chi connectivity index (χ4n) is 4.11.